The number of ether oxygens (including phenoxy) is 2. The molecule has 0 unspecified atom stereocenters. The van der Waals surface area contributed by atoms with Crippen molar-refractivity contribution in [3.8, 4) is 28.8 Å². The van der Waals surface area contributed by atoms with Crippen LogP contribution in [0.4, 0.5) is 0 Å². The van der Waals surface area contributed by atoms with Gasteiger partial charge in [-0.05, 0) is 48.5 Å². The van der Waals surface area contributed by atoms with Crippen LogP contribution in [-0.2, 0) is 0 Å². The lowest BCUT2D eigenvalue weighted by molar-refractivity contribution is 0.342. The van der Waals surface area contributed by atoms with Gasteiger partial charge in [-0.2, -0.15) is 0 Å². The number of para-hydroxylation sites is 1. The zero-order valence-electron chi connectivity index (χ0n) is 15.3. The number of furan rings is 1. The minimum atomic E-state index is 0.550. The van der Waals surface area contributed by atoms with Gasteiger partial charge < -0.3 is 13.9 Å². The third-order valence-electron chi connectivity index (χ3n) is 4.03. The molecular weight excluding hydrogens is 374 g/mol. The molecule has 0 bridgehead atoms. The Hall–Kier alpha value is -3.19. The molecule has 0 aliphatic rings. The molecule has 0 N–H and O–H groups in total. The Bertz CT molecular complexity index is 999. The third-order valence-corrected chi connectivity index (χ3v) is 4.93. The topological polar surface area (TPSA) is 62.3 Å². The Morgan fingerprint density at radius 3 is 2.43 bits per heavy atom. The summed E-state index contributed by atoms with van der Waals surface area (Å²) < 4.78 is 18.5. The van der Waals surface area contributed by atoms with Gasteiger partial charge >= 0.3 is 0 Å². The summed E-state index contributed by atoms with van der Waals surface area (Å²) in [6.45, 7) is 0.550. The van der Waals surface area contributed by atoms with Crippen molar-refractivity contribution < 1.29 is 13.9 Å². The molecule has 0 atom stereocenters. The summed E-state index contributed by atoms with van der Waals surface area (Å²) in [5.74, 6) is 3.70. The summed E-state index contributed by atoms with van der Waals surface area (Å²) >= 11 is 1.58. The van der Waals surface area contributed by atoms with E-state index in [0.717, 1.165) is 28.1 Å². The van der Waals surface area contributed by atoms with Gasteiger partial charge in [-0.3, -0.25) is 4.57 Å². The largest absolute Gasteiger partial charge is 0.497 e. The molecule has 28 heavy (non-hydrogen) atoms. The number of hydrogen-bond donors (Lipinski definition) is 0. The van der Waals surface area contributed by atoms with Gasteiger partial charge in [-0.1, -0.05) is 30.0 Å². The average Bonchev–Trinajstić information content (AvgIpc) is 3.42. The smallest absolute Gasteiger partial charge is 0.205 e. The van der Waals surface area contributed by atoms with E-state index in [4.69, 9.17) is 13.9 Å². The lowest BCUT2D eigenvalue weighted by Gasteiger charge is -2.10. The van der Waals surface area contributed by atoms with Crippen LogP contribution in [0.15, 0.2) is 82.6 Å². The van der Waals surface area contributed by atoms with E-state index in [1.54, 1.807) is 25.1 Å². The third kappa shape index (κ3) is 4.04. The molecule has 2 aromatic heterocycles. The average molecular weight is 393 g/mol. The first-order valence-electron chi connectivity index (χ1n) is 8.79. The number of thioether (sulfide) groups is 1. The molecule has 0 saturated carbocycles. The van der Waals surface area contributed by atoms with Crippen molar-refractivity contribution >= 4 is 11.8 Å². The molecular formula is C21H19N3O3S. The highest BCUT2D eigenvalue weighted by Gasteiger charge is 2.17. The van der Waals surface area contributed by atoms with Crippen molar-refractivity contribution in [2.24, 2.45) is 0 Å². The van der Waals surface area contributed by atoms with Crippen LogP contribution in [0.1, 0.15) is 0 Å². The number of aromatic nitrogens is 3. The summed E-state index contributed by atoms with van der Waals surface area (Å²) in [6, 6.07) is 21.3. The van der Waals surface area contributed by atoms with Gasteiger partial charge in [0, 0.05) is 11.4 Å². The van der Waals surface area contributed by atoms with Crippen LogP contribution in [0.2, 0.25) is 0 Å². The van der Waals surface area contributed by atoms with Crippen LogP contribution in [0, 0.1) is 0 Å². The van der Waals surface area contributed by atoms with Crippen LogP contribution >= 0.6 is 11.8 Å². The Morgan fingerprint density at radius 2 is 1.71 bits per heavy atom. The number of hydrogen-bond acceptors (Lipinski definition) is 6. The molecule has 0 fully saturated rings. The fourth-order valence-corrected chi connectivity index (χ4v) is 3.47. The number of methoxy groups -OCH3 is 1. The second-order valence-electron chi connectivity index (χ2n) is 5.83. The van der Waals surface area contributed by atoms with Gasteiger partial charge in [0.2, 0.25) is 5.82 Å². The summed E-state index contributed by atoms with van der Waals surface area (Å²) in [5, 5.41) is 9.48. The van der Waals surface area contributed by atoms with Crippen LogP contribution in [0.3, 0.4) is 0 Å². The van der Waals surface area contributed by atoms with E-state index < -0.39 is 0 Å². The van der Waals surface area contributed by atoms with Crippen LogP contribution in [-0.4, -0.2) is 34.2 Å². The number of nitrogens with zero attached hydrogens (tertiary/aromatic N) is 3. The molecule has 0 aliphatic carbocycles. The van der Waals surface area contributed by atoms with E-state index in [9.17, 15) is 0 Å². The highest BCUT2D eigenvalue weighted by Crippen LogP contribution is 2.28. The lowest BCUT2D eigenvalue weighted by atomic mass is 10.3. The zero-order valence-corrected chi connectivity index (χ0v) is 16.1. The second-order valence-corrected chi connectivity index (χ2v) is 6.89. The summed E-state index contributed by atoms with van der Waals surface area (Å²) in [6.07, 6.45) is 1.63. The van der Waals surface area contributed by atoms with Crippen LogP contribution in [0.25, 0.3) is 17.3 Å². The predicted octanol–water partition coefficient (Wildman–Crippen LogP) is 4.71. The van der Waals surface area contributed by atoms with E-state index in [0.29, 0.717) is 18.2 Å². The number of benzene rings is 2. The maximum absolute atomic E-state index is 5.80. The molecule has 6 nitrogen and oxygen atoms in total. The maximum Gasteiger partial charge on any atom is 0.205 e. The second kappa shape index (κ2) is 8.67. The van der Waals surface area contributed by atoms with Crippen LogP contribution < -0.4 is 9.47 Å². The van der Waals surface area contributed by atoms with Gasteiger partial charge in [0.1, 0.15) is 11.5 Å². The molecule has 0 aliphatic heterocycles. The Morgan fingerprint density at radius 1 is 0.929 bits per heavy atom. The predicted molar refractivity (Wildman–Crippen MR) is 108 cm³/mol. The van der Waals surface area contributed by atoms with E-state index in [1.807, 2.05) is 71.3 Å². The Balaban J connectivity index is 1.47. The van der Waals surface area contributed by atoms with Gasteiger partial charge in [0.15, 0.2) is 10.9 Å². The molecule has 142 valence electrons. The van der Waals surface area contributed by atoms with Gasteiger partial charge in [-0.25, -0.2) is 0 Å². The lowest BCUT2D eigenvalue weighted by Crippen LogP contribution is -2.03. The Kier molecular flexibility index (Phi) is 5.63. The quantitative estimate of drug-likeness (QED) is 0.319. The molecule has 0 spiro atoms. The molecule has 0 amide bonds. The highest BCUT2D eigenvalue weighted by atomic mass is 32.2. The van der Waals surface area contributed by atoms with E-state index in [1.165, 1.54) is 0 Å². The fraction of sp³-hybridized carbons (Fsp3) is 0.143. The van der Waals surface area contributed by atoms with Gasteiger partial charge in [-0.15, -0.1) is 10.2 Å². The first kappa shape index (κ1) is 18.2. The first-order valence-corrected chi connectivity index (χ1v) is 9.78. The monoisotopic (exact) mass is 393 g/mol. The fourth-order valence-electron chi connectivity index (χ4n) is 2.70. The summed E-state index contributed by atoms with van der Waals surface area (Å²) in [5.41, 5.74) is 0.984. The minimum Gasteiger partial charge on any atom is -0.497 e. The molecule has 2 heterocycles. The van der Waals surface area contributed by atoms with Crippen molar-refractivity contribution in [3.05, 3.63) is 73.0 Å². The SMILES string of the molecule is COc1ccc(OCCSc2nnc(-c3ccco3)n2-c2ccccc2)cc1. The van der Waals surface area contributed by atoms with E-state index >= 15 is 0 Å². The molecule has 4 rings (SSSR count). The van der Waals surface area contributed by atoms with Gasteiger partial charge in [0.05, 0.1) is 20.0 Å². The zero-order chi connectivity index (χ0) is 19.2. The molecule has 0 radical (unpaired) electrons. The van der Waals surface area contributed by atoms with Crippen LogP contribution in [0.5, 0.6) is 11.5 Å². The Labute approximate surface area is 167 Å². The number of rotatable bonds is 8. The summed E-state index contributed by atoms with van der Waals surface area (Å²) in [4.78, 5) is 0. The first-order chi connectivity index (χ1) is 13.8. The maximum atomic E-state index is 5.80. The highest BCUT2D eigenvalue weighted by molar-refractivity contribution is 7.99. The van der Waals surface area contributed by atoms with Gasteiger partial charge in [0.25, 0.3) is 0 Å². The van der Waals surface area contributed by atoms with Crippen molar-refractivity contribution in [2.75, 3.05) is 19.5 Å². The van der Waals surface area contributed by atoms with Crippen molar-refractivity contribution in [2.45, 2.75) is 5.16 Å². The summed E-state index contributed by atoms with van der Waals surface area (Å²) in [7, 11) is 1.65. The molecule has 0 saturated heterocycles. The standard InChI is InChI=1S/C21H19N3O3S/c1-25-17-9-11-18(12-10-17)26-14-15-28-21-23-22-20(19-8-5-13-27-19)24(21)16-6-3-2-4-7-16/h2-13H,14-15H2,1H3. The molecule has 4 aromatic rings. The van der Waals surface area contributed by atoms with E-state index in [2.05, 4.69) is 10.2 Å². The van der Waals surface area contributed by atoms with Crippen molar-refractivity contribution in [1.29, 1.82) is 0 Å². The minimum absolute atomic E-state index is 0.550. The molecule has 2 aromatic carbocycles. The normalized spacial score (nSPS) is 10.8. The molecule has 7 heteroatoms. The van der Waals surface area contributed by atoms with E-state index in [-0.39, 0.29) is 0 Å². The van der Waals surface area contributed by atoms with Crippen molar-refractivity contribution in [1.82, 2.24) is 14.8 Å². The van der Waals surface area contributed by atoms with Crippen molar-refractivity contribution in [3.63, 3.8) is 0 Å².